The van der Waals surface area contributed by atoms with Crippen LogP contribution in [0.4, 0.5) is 5.69 Å². The highest BCUT2D eigenvalue weighted by molar-refractivity contribution is 6.50. The van der Waals surface area contributed by atoms with Gasteiger partial charge >= 0.3 is 0 Å². The third-order valence-corrected chi connectivity index (χ3v) is 7.52. The number of hydrogen-bond donors (Lipinski definition) is 1. The van der Waals surface area contributed by atoms with E-state index in [-0.39, 0.29) is 17.9 Å². The monoisotopic (exact) mass is 519 g/mol. The summed E-state index contributed by atoms with van der Waals surface area (Å²) in [6.07, 6.45) is 0.569. The molecule has 0 bridgehead atoms. The van der Waals surface area contributed by atoms with Gasteiger partial charge in [0.15, 0.2) is 5.54 Å². The van der Waals surface area contributed by atoms with Gasteiger partial charge in [0.1, 0.15) is 11.5 Å². The van der Waals surface area contributed by atoms with Gasteiger partial charge in [0.05, 0.1) is 31.1 Å². The van der Waals surface area contributed by atoms with E-state index in [0.29, 0.717) is 61.9 Å². The number of carbonyl (C=O) groups is 3. The Morgan fingerprint density at radius 1 is 1.00 bits per heavy atom. The first-order chi connectivity index (χ1) is 18.4. The lowest BCUT2D eigenvalue weighted by molar-refractivity contribution is -0.143. The molecule has 2 aromatic carbocycles. The Morgan fingerprint density at radius 3 is 2.39 bits per heavy atom. The van der Waals surface area contributed by atoms with Crippen molar-refractivity contribution in [3.8, 4) is 5.75 Å². The first kappa shape index (κ1) is 25.9. The maximum Gasteiger partial charge on any atom is 0.296 e. The summed E-state index contributed by atoms with van der Waals surface area (Å²) < 4.78 is 10.9. The molecule has 1 N–H and O–H groups in total. The highest BCUT2D eigenvalue weighted by Gasteiger charge is 2.66. The average molecular weight is 520 g/mol. The molecule has 1 atom stereocenters. The SMILES string of the molecule is CCOc1ccc(C(O)=C2C(=O)C(=O)N(CCCN3CCOCC3)[C@]23C(=O)N(CC)c2ccccc23)cc1. The first-order valence-corrected chi connectivity index (χ1v) is 13.2. The van der Waals surface area contributed by atoms with Crippen LogP contribution in [0.25, 0.3) is 5.76 Å². The Bertz CT molecular complexity index is 1270. The summed E-state index contributed by atoms with van der Waals surface area (Å²) >= 11 is 0. The minimum Gasteiger partial charge on any atom is -0.507 e. The van der Waals surface area contributed by atoms with Gasteiger partial charge in [0.2, 0.25) is 0 Å². The number of amides is 2. The Kier molecular flexibility index (Phi) is 7.23. The van der Waals surface area contributed by atoms with Crippen molar-refractivity contribution in [2.24, 2.45) is 0 Å². The summed E-state index contributed by atoms with van der Waals surface area (Å²) in [6, 6.07) is 13.8. The van der Waals surface area contributed by atoms with Crippen molar-refractivity contribution in [1.82, 2.24) is 9.80 Å². The summed E-state index contributed by atoms with van der Waals surface area (Å²) in [5.74, 6) is -1.80. The third-order valence-electron chi connectivity index (χ3n) is 7.52. The van der Waals surface area contributed by atoms with Crippen LogP contribution in [0, 0.1) is 0 Å². The number of fused-ring (bicyclic) bond motifs is 2. The Hall–Kier alpha value is -3.69. The van der Waals surface area contributed by atoms with E-state index >= 15 is 0 Å². The largest absolute Gasteiger partial charge is 0.507 e. The highest BCUT2D eigenvalue weighted by atomic mass is 16.5. The van der Waals surface area contributed by atoms with Crippen LogP contribution < -0.4 is 9.64 Å². The summed E-state index contributed by atoms with van der Waals surface area (Å²) in [6.45, 7) is 8.38. The molecule has 3 heterocycles. The van der Waals surface area contributed by atoms with Gasteiger partial charge in [0, 0.05) is 43.9 Å². The van der Waals surface area contributed by atoms with Crippen LogP contribution in [0.3, 0.4) is 0 Å². The average Bonchev–Trinajstić information content (AvgIpc) is 3.32. The number of likely N-dealkylation sites (tertiary alicyclic amines) is 1. The predicted molar refractivity (Wildman–Crippen MR) is 142 cm³/mol. The standard InChI is InChI=1S/C29H33N3O6/c1-3-31-23-9-6-5-8-22(23)29(28(31)36)24(25(33)20-10-12-21(13-11-20)38-4-2)26(34)27(35)32(29)15-7-14-30-16-18-37-19-17-30/h5-6,8-13,33H,3-4,7,14-19H2,1-2H3/t29-/m0/s1. The van der Waals surface area contributed by atoms with Crippen molar-refractivity contribution in [1.29, 1.82) is 0 Å². The minimum atomic E-state index is -1.73. The molecule has 0 aliphatic carbocycles. The lowest BCUT2D eigenvalue weighted by atomic mass is 9.82. The zero-order chi connectivity index (χ0) is 26.9. The number of ether oxygens (including phenoxy) is 2. The van der Waals surface area contributed by atoms with E-state index in [1.807, 2.05) is 26.0 Å². The van der Waals surface area contributed by atoms with Crippen molar-refractivity contribution in [3.63, 3.8) is 0 Å². The Labute approximate surface area is 222 Å². The second kappa shape index (κ2) is 10.6. The molecule has 2 fully saturated rings. The molecule has 9 nitrogen and oxygen atoms in total. The number of ketones is 1. The lowest BCUT2D eigenvalue weighted by Crippen LogP contribution is -2.52. The number of para-hydroxylation sites is 1. The molecule has 3 aliphatic rings. The predicted octanol–water partition coefficient (Wildman–Crippen LogP) is 2.75. The molecule has 38 heavy (non-hydrogen) atoms. The zero-order valence-electron chi connectivity index (χ0n) is 21.8. The molecule has 0 unspecified atom stereocenters. The molecular formula is C29H33N3O6. The maximum atomic E-state index is 14.3. The fraction of sp³-hybridized carbons (Fsp3) is 0.414. The van der Waals surface area contributed by atoms with Gasteiger partial charge in [-0.15, -0.1) is 0 Å². The van der Waals surface area contributed by atoms with Gasteiger partial charge in [-0.3, -0.25) is 19.3 Å². The van der Waals surface area contributed by atoms with Crippen molar-refractivity contribution in [2.45, 2.75) is 25.8 Å². The lowest BCUT2D eigenvalue weighted by Gasteiger charge is -2.35. The number of morpholine rings is 1. The van der Waals surface area contributed by atoms with Crippen molar-refractivity contribution in [3.05, 3.63) is 65.2 Å². The van der Waals surface area contributed by atoms with Crippen molar-refractivity contribution >= 4 is 29.0 Å². The molecule has 0 aromatic heterocycles. The number of anilines is 1. The van der Waals surface area contributed by atoms with Gasteiger partial charge in [-0.05, 0) is 50.6 Å². The van der Waals surface area contributed by atoms with E-state index in [1.165, 1.54) is 4.90 Å². The molecule has 0 radical (unpaired) electrons. The molecule has 2 amide bonds. The van der Waals surface area contributed by atoms with Crippen molar-refractivity contribution < 1.29 is 29.0 Å². The van der Waals surface area contributed by atoms with Crippen LogP contribution in [-0.2, 0) is 24.7 Å². The quantitative estimate of drug-likeness (QED) is 0.325. The van der Waals surface area contributed by atoms with Gasteiger partial charge in [-0.2, -0.15) is 0 Å². The number of aliphatic hydroxyl groups excluding tert-OH is 1. The van der Waals surface area contributed by atoms with Crippen LogP contribution in [0.2, 0.25) is 0 Å². The van der Waals surface area contributed by atoms with Gasteiger partial charge < -0.3 is 24.4 Å². The van der Waals surface area contributed by atoms with E-state index in [2.05, 4.69) is 4.90 Å². The smallest absolute Gasteiger partial charge is 0.296 e. The second-order valence-corrected chi connectivity index (χ2v) is 9.55. The third kappa shape index (κ3) is 4.06. The molecule has 3 aliphatic heterocycles. The molecular weight excluding hydrogens is 486 g/mol. The summed E-state index contributed by atoms with van der Waals surface area (Å²) in [5, 5.41) is 11.6. The Balaban J connectivity index is 1.62. The molecule has 1 spiro atoms. The van der Waals surface area contributed by atoms with E-state index in [4.69, 9.17) is 9.47 Å². The summed E-state index contributed by atoms with van der Waals surface area (Å²) in [7, 11) is 0. The number of aliphatic hydroxyl groups is 1. The van der Waals surface area contributed by atoms with E-state index < -0.39 is 23.1 Å². The highest BCUT2D eigenvalue weighted by Crippen LogP contribution is 2.53. The number of nitrogens with zero attached hydrogens (tertiary/aromatic N) is 3. The number of hydrogen-bond acceptors (Lipinski definition) is 7. The summed E-state index contributed by atoms with van der Waals surface area (Å²) in [4.78, 5) is 46.7. The summed E-state index contributed by atoms with van der Waals surface area (Å²) in [5.41, 5.74) is -0.414. The van der Waals surface area contributed by atoms with E-state index in [1.54, 1.807) is 41.3 Å². The Morgan fingerprint density at radius 2 is 1.71 bits per heavy atom. The van der Waals surface area contributed by atoms with Gasteiger partial charge in [-0.1, -0.05) is 18.2 Å². The fourth-order valence-electron chi connectivity index (χ4n) is 5.78. The topological polar surface area (TPSA) is 99.6 Å². The number of carbonyl (C=O) groups excluding carboxylic acids is 3. The molecule has 2 aromatic rings. The first-order valence-electron chi connectivity index (χ1n) is 13.2. The number of likely N-dealkylation sites (N-methyl/N-ethyl adjacent to an activating group) is 1. The van der Waals surface area contributed by atoms with Crippen LogP contribution in [0.1, 0.15) is 31.4 Å². The number of Topliss-reactive ketones (excluding diaryl/α,β-unsaturated/α-hetero) is 1. The van der Waals surface area contributed by atoms with Crippen LogP contribution >= 0.6 is 0 Å². The van der Waals surface area contributed by atoms with Crippen LogP contribution in [0.15, 0.2) is 54.1 Å². The van der Waals surface area contributed by atoms with Crippen LogP contribution in [-0.4, -0.2) is 85.0 Å². The maximum absolute atomic E-state index is 14.3. The molecule has 200 valence electrons. The van der Waals surface area contributed by atoms with Gasteiger partial charge in [0.25, 0.3) is 17.6 Å². The molecule has 9 heteroatoms. The minimum absolute atomic E-state index is 0.188. The normalized spacial score (nSPS) is 22.9. The van der Waals surface area contributed by atoms with Gasteiger partial charge in [-0.25, -0.2) is 0 Å². The van der Waals surface area contributed by atoms with Crippen molar-refractivity contribution in [2.75, 3.05) is 57.4 Å². The molecule has 5 rings (SSSR count). The number of rotatable bonds is 8. The molecule has 2 saturated heterocycles. The number of benzene rings is 2. The second-order valence-electron chi connectivity index (χ2n) is 9.55. The molecule has 0 saturated carbocycles. The zero-order valence-corrected chi connectivity index (χ0v) is 21.8. The van der Waals surface area contributed by atoms with E-state index in [9.17, 15) is 19.5 Å². The van der Waals surface area contributed by atoms with Crippen LogP contribution in [0.5, 0.6) is 5.75 Å². The van der Waals surface area contributed by atoms with E-state index in [0.717, 1.165) is 13.1 Å². The fourth-order valence-corrected chi connectivity index (χ4v) is 5.78.